The van der Waals surface area contributed by atoms with E-state index in [0.29, 0.717) is 6.61 Å². The summed E-state index contributed by atoms with van der Waals surface area (Å²) in [5, 5.41) is 0. The molecule has 0 spiro atoms. The van der Waals surface area contributed by atoms with Crippen molar-refractivity contribution in [3.63, 3.8) is 0 Å². The van der Waals surface area contributed by atoms with Crippen molar-refractivity contribution < 1.29 is 9.53 Å². The smallest absolute Gasteiger partial charge is 0.330 e. The van der Waals surface area contributed by atoms with Gasteiger partial charge in [-0.05, 0) is 37.0 Å². The fraction of sp³-hybridized carbons (Fsp3) is 0.526. The first kappa shape index (κ1) is 19.1. The van der Waals surface area contributed by atoms with Gasteiger partial charge in [0.15, 0.2) is 0 Å². The number of rotatable bonds is 12. The molecule has 0 atom stereocenters. The van der Waals surface area contributed by atoms with Gasteiger partial charge in [-0.3, -0.25) is 0 Å². The van der Waals surface area contributed by atoms with Gasteiger partial charge in [-0.25, -0.2) is 4.79 Å². The molecular formula is C19H30N2O2. The molecule has 0 radical (unpaired) electrons. The molecule has 1 aromatic carbocycles. The molecule has 0 heterocycles. The average Bonchev–Trinajstić information content (AvgIpc) is 2.54. The maximum Gasteiger partial charge on any atom is 0.330 e. The molecule has 23 heavy (non-hydrogen) atoms. The molecule has 0 saturated carbocycles. The number of anilines is 2. The normalized spacial score (nSPS) is 10.4. The minimum atomic E-state index is -0.327. The van der Waals surface area contributed by atoms with E-state index in [9.17, 15) is 4.79 Å². The predicted octanol–water partition coefficient (Wildman–Crippen LogP) is 4.24. The van der Waals surface area contributed by atoms with Crippen molar-refractivity contribution in [1.82, 2.24) is 0 Å². The van der Waals surface area contributed by atoms with Gasteiger partial charge in [0.25, 0.3) is 0 Å². The molecule has 128 valence electrons. The summed E-state index contributed by atoms with van der Waals surface area (Å²) in [5.41, 5.74) is 14.4. The van der Waals surface area contributed by atoms with Gasteiger partial charge in [-0.1, -0.05) is 51.2 Å². The molecule has 0 saturated heterocycles. The Bertz CT molecular complexity index is 486. The van der Waals surface area contributed by atoms with Crippen LogP contribution in [0.4, 0.5) is 11.4 Å². The molecule has 0 aliphatic carbocycles. The summed E-state index contributed by atoms with van der Waals surface area (Å²) in [7, 11) is 0. The zero-order chi connectivity index (χ0) is 16.9. The van der Waals surface area contributed by atoms with E-state index in [4.69, 9.17) is 16.2 Å². The van der Waals surface area contributed by atoms with E-state index in [1.807, 2.05) is 18.2 Å². The maximum absolute atomic E-state index is 10.8. The lowest BCUT2D eigenvalue weighted by Gasteiger charge is -2.06. The SMILES string of the molecule is C=CC(=O)OCCCCCCCCCCc1ccc(N)cc1N. The van der Waals surface area contributed by atoms with Crippen LogP contribution in [0.5, 0.6) is 0 Å². The van der Waals surface area contributed by atoms with Crippen LogP contribution in [0.1, 0.15) is 56.9 Å². The molecule has 1 aromatic rings. The van der Waals surface area contributed by atoms with E-state index in [0.717, 1.165) is 30.6 Å². The molecule has 1 rings (SSSR count). The van der Waals surface area contributed by atoms with Crippen LogP contribution in [0, 0.1) is 0 Å². The summed E-state index contributed by atoms with van der Waals surface area (Å²) in [6.07, 6.45) is 11.7. The number of unbranched alkanes of at least 4 members (excludes halogenated alkanes) is 7. The highest BCUT2D eigenvalue weighted by Crippen LogP contribution is 2.18. The third-order valence-corrected chi connectivity index (χ3v) is 3.92. The number of hydrogen-bond acceptors (Lipinski definition) is 4. The van der Waals surface area contributed by atoms with E-state index in [2.05, 4.69) is 6.58 Å². The first-order chi connectivity index (χ1) is 11.1. The van der Waals surface area contributed by atoms with E-state index in [1.54, 1.807) is 0 Å². The van der Waals surface area contributed by atoms with E-state index in [1.165, 1.54) is 50.2 Å². The topological polar surface area (TPSA) is 78.3 Å². The van der Waals surface area contributed by atoms with Crippen LogP contribution in [0.15, 0.2) is 30.9 Å². The monoisotopic (exact) mass is 318 g/mol. The molecule has 0 fully saturated rings. The Labute approximate surface area is 139 Å². The van der Waals surface area contributed by atoms with Crippen molar-refractivity contribution in [2.75, 3.05) is 18.1 Å². The van der Waals surface area contributed by atoms with Gasteiger partial charge in [0.1, 0.15) is 0 Å². The Morgan fingerprint density at radius 1 is 1.00 bits per heavy atom. The van der Waals surface area contributed by atoms with E-state index in [-0.39, 0.29) is 5.97 Å². The lowest BCUT2D eigenvalue weighted by Crippen LogP contribution is -2.01. The number of ether oxygens (including phenoxy) is 1. The van der Waals surface area contributed by atoms with Crippen molar-refractivity contribution in [2.45, 2.75) is 57.8 Å². The van der Waals surface area contributed by atoms with Crippen LogP contribution in [-0.2, 0) is 16.0 Å². The summed E-state index contributed by atoms with van der Waals surface area (Å²) in [5.74, 6) is -0.327. The Kier molecular flexibility index (Phi) is 9.60. The Morgan fingerprint density at radius 3 is 2.22 bits per heavy atom. The van der Waals surface area contributed by atoms with Gasteiger partial charge in [0, 0.05) is 17.5 Å². The second kappa shape index (κ2) is 11.6. The Balaban J connectivity index is 1.92. The number of aryl methyl sites for hydroxylation is 1. The van der Waals surface area contributed by atoms with Gasteiger partial charge in [-0.2, -0.15) is 0 Å². The highest BCUT2D eigenvalue weighted by atomic mass is 16.5. The molecule has 0 aromatic heterocycles. The molecule has 4 nitrogen and oxygen atoms in total. The van der Waals surface area contributed by atoms with Gasteiger partial charge in [0.2, 0.25) is 0 Å². The van der Waals surface area contributed by atoms with Crippen molar-refractivity contribution >= 4 is 17.3 Å². The lowest BCUT2D eigenvalue weighted by molar-refractivity contribution is -0.137. The summed E-state index contributed by atoms with van der Waals surface area (Å²) < 4.78 is 4.93. The molecule has 0 amide bonds. The summed E-state index contributed by atoms with van der Waals surface area (Å²) >= 11 is 0. The van der Waals surface area contributed by atoms with Crippen LogP contribution in [0.25, 0.3) is 0 Å². The van der Waals surface area contributed by atoms with Crippen LogP contribution in [-0.4, -0.2) is 12.6 Å². The lowest BCUT2D eigenvalue weighted by atomic mass is 10.0. The van der Waals surface area contributed by atoms with E-state index >= 15 is 0 Å². The predicted molar refractivity (Wildman–Crippen MR) is 97.1 cm³/mol. The van der Waals surface area contributed by atoms with Gasteiger partial charge >= 0.3 is 5.97 Å². The molecule has 0 bridgehead atoms. The van der Waals surface area contributed by atoms with Crippen LogP contribution in [0.2, 0.25) is 0 Å². The first-order valence-corrected chi connectivity index (χ1v) is 8.56. The minimum absolute atomic E-state index is 0.327. The molecular weight excluding hydrogens is 288 g/mol. The van der Waals surface area contributed by atoms with Crippen LogP contribution in [0.3, 0.4) is 0 Å². The second-order valence-electron chi connectivity index (χ2n) is 5.91. The zero-order valence-electron chi connectivity index (χ0n) is 14.1. The Hall–Kier alpha value is -1.97. The number of carbonyl (C=O) groups is 1. The second-order valence-corrected chi connectivity index (χ2v) is 5.91. The third-order valence-electron chi connectivity index (χ3n) is 3.92. The average molecular weight is 318 g/mol. The minimum Gasteiger partial charge on any atom is -0.463 e. The standard InChI is InChI=1S/C19H30N2O2/c1-2-19(22)23-14-10-8-6-4-3-5-7-9-11-16-12-13-17(20)15-18(16)21/h2,12-13,15H,1,3-11,14,20-21H2. The van der Waals surface area contributed by atoms with Crippen molar-refractivity contribution in [3.05, 3.63) is 36.4 Å². The Morgan fingerprint density at radius 2 is 1.61 bits per heavy atom. The number of nitrogen functional groups attached to an aromatic ring is 2. The van der Waals surface area contributed by atoms with Crippen molar-refractivity contribution in [1.29, 1.82) is 0 Å². The molecule has 4 N–H and O–H groups in total. The summed E-state index contributed by atoms with van der Waals surface area (Å²) in [6.45, 7) is 3.87. The quantitative estimate of drug-likeness (QED) is 0.261. The summed E-state index contributed by atoms with van der Waals surface area (Å²) in [6, 6.07) is 5.78. The van der Waals surface area contributed by atoms with Crippen molar-refractivity contribution in [2.24, 2.45) is 0 Å². The largest absolute Gasteiger partial charge is 0.463 e. The van der Waals surface area contributed by atoms with Gasteiger partial charge in [-0.15, -0.1) is 0 Å². The first-order valence-electron chi connectivity index (χ1n) is 8.56. The molecule has 4 heteroatoms. The zero-order valence-corrected chi connectivity index (χ0v) is 14.1. The molecule has 0 aliphatic rings. The van der Waals surface area contributed by atoms with Gasteiger partial charge < -0.3 is 16.2 Å². The fourth-order valence-electron chi connectivity index (χ4n) is 2.55. The third kappa shape index (κ3) is 8.91. The highest BCUT2D eigenvalue weighted by molar-refractivity contribution is 5.81. The van der Waals surface area contributed by atoms with Crippen molar-refractivity contribution in [3.8, 4) is 0 Å². The van der Waals surface area contributed by atoms with Crippen LogP contribution < -0.4 is 11.5 Å². The number of esters is 1. The number of nitrogens with two attached hydrogens (primary N) is 2. The number of benzene rings is 1. The maximum atomic E-state index is 10.8. The van der Waals surface area contributed by atoms with E-state index < -0.39 is 0 Å². The highest BCUT2D eigenvalue weighted by Gasteiger charge is 2.00. The molecule has 0 aliphatic heterocycles. The number of hydrogen-bond donors (Lipinski definition) is 2. The summed E-state index contributed by atoms with van der Waals surface area (Å²) in [4.78, 5) is 10.8. The van der Waals surface area contributed by atoms with Gasteiger partial charge in [0.05, 0.1) is 6.61 Å². The van der Waals surface area contributed by atoms with Crippen LogP contribution >= 0.6 is 0 Å². The molecule has 0 unspecified atom stereocenters. The fourth-order valence-corrected chi connectivity index (χ4v) is 2.55. The number of carbonyl (C=O) groups excluding carboxylic acids is 1.